The van der Waals surface area contributed by atoms with Crippen LogP contribution in [0.4, 0.5) is 10.6 Å². The lowest BCUT2D eigenvalue weighted by Crippen LogP contribution is -2.38. The van der Waals surface area contributed by atoms with Crippen LogP contribution in [0.1, 0.15) is 85.3 Å². The molecule has 2 heterocycles. The summed E-state index contributed by atoms with van der Waals surface area (Å²) in [6.07, 6.45) is 7.30. The zero-order valence-electron chi connectivity index (χ0n) is 18.7. The lowest BCUT2D eigenvalue weighted by molar-refractivity contribution is 0.0578. The van der Waals surface area contributed by atoms with E-state index in [1.165, 1.54) is 24.8 Å². The number of likely N-dealkylation sites (tertiary alicyclic amines) is 1. The van der Waals surface area contributed by atoms with Gasteiger partial charge in [0.1, 0.15) is 11.4 Å². The Labute approximate surface area is 171 Å². The van der Waals surface area contributed by atoms with Crippen LogP contribution in [0.15, 0.2) is 18.3 Å². The number of aromatic nitrogens is 1. The summed E-state index contributed by atoms with van der Waals surface area (Å²) in [6.45, 7) is 15.3. The predicted molar refractivity (Wildman–Crippen MR) is 116 cm³/mol. The van der Waals surface area contributed by atoms with Crippen LogP contribution in [0.25, 0.3) is 0 Å². The van der Waals surface area contributed by atoms with Crippen LogP contribution in [0.2, 0.25) is 0 Å². The van der Waals surface area contributed by atoms with Gasteiger partial charge in [0.25, 0.3) is 0 Å². The molecule has 1 aromatic heterocycles. The minimum absolute atomic E-state index is 0.319. The molecular formula is C23H39N3O2. The van der Waals surface area contributed by atoms with Crippen molar-refractivity contribution in [2.24, 2.45) is 5.92 Å². The Balaban J connectivity index is 2.17. The van der Waals surface area contributed by atoms with E-state index < -0.39 is 5.60 Å². The number of carbonyl (C=O) groups is 1. The van der Waals surface area contributed by atoms with E-state index in [1.807, 2.05) is 33.0 Å². The number of nitrogens with zero attached hydrogens (tertiary/aromatic N) is 3. The van der Waals surface area contributed by atoms with Gasteiger partial charge in [0.2, 0.25) is 0 Å². The monoisotopic (exact) mass is 389 g/mol. The smallest absolute Gasteiger partial charge is 0.416 e. The van der Waals surface area contributed by atoms with E-state index in [4.69, 9.17) is 4.74 Å². The Morgan fingerprint density at radius 2 is 2.07 bits per heavy atom. The van der Waals surface area contributed by atoms with Gasteiger partial charge in [-0.3, -0.25) is 9.80 Å². The minimum Gasteiger partial charge on any atom is -0.443 e. The Morgan fingerprint density at radius 3 is 2.64 bits per heavy atom. The number of hydrogen-bond acceptors (Lipinski definition) is 4. The Kier molecular flexibility index (Phi) is 8.29. The second kappa shape index (κ2) is 10.2. The van der Waals surface area contributed by atoms with Crippen LogP contribution < -0.4 is 4.90 Å². The van der Waals surface area contributed by atoms with E-state index >= 15 is 0 Å². The first-order chi connectivity index (χ1) is 13.2. The highest BCUT2D eigenvalue weighted by molar-refractivity contribution is 5.86. The van der Waals surface area contributed by atoms with Crippen LogP contribution >= 0.6 is 0 Å². The van der Waals surface area contributed by atoms with Gasteiger partial charge < -0.3 is 4.74 Å². The molecule has 5 heteroatoms. The first-order valence-corrected chi connectivity index (χ1v) is 10.9. The van der Waals surface area contributed by atoms with Crippen molar-refractivity contribution in [3.8, 4) is 0 Å². The standard InChI is InChI=1S/C23H39N3O2/c1-7-8-15-26(22(27)28-23(4,5)6)21-13-12-19(16-24-21)20-11-9-10-14-25(20)17-18(2)3/h12-13,16,18,20H,7-11,14-15,17H2,1-6H3. The van der Waals surface area contributed by atoms with Crippen molar-refractivity contribution in [3.63, 3.8) is 0 Å². The maximum absolute atomic E-state index is 12.7. The number of rotatable bonds is 7. The molecule has 5 nitrogen and oxygen atoms in total. The van der Waals surface area contributed by atoms with E-state index in [0.717, 1.165) is 25.9 Å². The van der Waals surface area contributed by atoms with Crippen LogP contribution in [-0.4, -0.2) is 41.2 Å². The van der Waals surface area contributed by atoms with Crippen molar-refractivity contribution < 1.29 is 9.53 Å². The molecule has 0 aromatic carbocycles. The quantitative estimate of drug-likeness (QED) is 0.591. The van der Waals surface area contributed by atoms with E-state index in [1.54, 1.807) is 4.90 Å². The molecule has 1 atom stereocenters. The molecule has 1 fully saturated rings. The molecule has 28 heavy (non-hydrogen) atoms. The molecule has 0 bridgehead atoms. The number of ether oxygens (including phenoxy) is 1. The molecule has 0 N–H and O–H groups in total. The van der Waals surface area contributed by atoms with Gasteiger partial charge in [-0.25, -0.2) is 9.78 Å². The predicted octanol–water partition coefficient (Wildman–Crippen LogP) is 5.81. The van der Waals surface area contributed by atoms with Gasteiger partial charge in [-0.1, -0.05) is 39.7 Å². The van der Waals surface area contributed by atoms with Crippen molar-refractivity contribution in [1.29, 1.82) is 0 Å². The van der Waals surface area contributed by atoms with E-state index in [9.17, 15) is 4.79 Å². The van der Waals surface area contributed by atoms with Gasteiger partial charge >= 0.3 is 6.09 Å². The van der Waals surface area contributed by atoms with Crippen molar-refractivity contribution >= 4 is 11.9 Å². The molecule has 1 aliphatic rings. The molecule has 1 aliphatic heterocycles. The Bertz CT molecular complexity index is 607. The molecule has 1 saturated heterocycles. The molecule has 1 amide bonds. The number of piperidine rings is 1. The molecule has 1 unspecified atom stereocenters. The molecule has 0 spiro atoms. The highest BCUT2D eigenvalue weighted by Crippen LogP contribution is 2.32. The minimum atomic E-state index is -0.513. The van der Waals surface area contributed by atoms with Crippen LogP contribution in [0.5, 0.6) is 0 Å². The van der Waals surface area contributed by atoms with Crippen molar-refractivity contribution in [2.75, 3.05) is 24.5 Å². The third-order valence-electron chi connectivity index (χ3n) is 4.99. The van der Waals surface area contributed by atoms with Crippen LogP contribution in [0.3, 0.4) is 0 Å². The third-order valence-corrected chi connectivity index (χ3v) is 4.99. The normalized spacial score (nSPS) is 18.3. The summed E-state index contributed by atoms with van der Waals surface area (Å²) in [6, 6.07) is 4.56. The summed E-state index contributed by atoms with van der Waals surface area (Å²) < 4.78 is 5.60. The average molecular weight is 390 g/mol. The van der Waals surface area contributed by atoms with Gasteiger partial charge in [-0.15, -0.1) is 0 Å². The SMILES string of the molecule is CCCCN(C(=O)OC(C)(C)C)c1ccc(C2CCCCN2CC(C)C)cn1. The first kappa shape index (κ1) is 22.7. The maximum atomic E-state index is 12.7. The summed E-state index contributed by atoms with van der Waals surface area (Å²) >= 11 is 0. The third kappa shape index (κ3) is 6.77. The van der Waals surface area contributed by atoms with E-state index in [2.05, 4.69) is 36.7 Å². The molecule has 0 radical (unpaired) electrons. The lowest BCUT2D eigenvalue weighted by Gasteiger charge is -2.37. The van der Waals surface area contributed by atoms with Gasteiger partial charge in [0.15, 0.2) is 0 Å². The second-order valence-electron chi connectivity index (χ2n) is 9.34. The topological polar surface area (TPSA) is 45.7 Å². The second-order valence-corrected chi connectivity index (χ2v) is 9.34. The van der Waals surface area contributed by atoms with Crippen molar-refractivity contribution in [2.45, 2.75) is 85.3 Å². The molecular weight excluding hydrogens is 350 g/mol. The fourth-order valence-corrected chi connectivity index (χ4v) is 3.74. The van der Waals surface area contributed by atoms with Crippen molar-refractivity contribution in [3.05, 3.63) is 23.9 Å². The summed E-state index contributed by atoms with van der Waals surface area (Å²) in [5, 5.41) is 0. The molecule has 1 aromatic rings. The van der Waals surface area contributed by atoms with E-state index in [0.29, 0.717) is 24.3 Å². The van der Waals surface area contributed by atoms with Gasteiger partial charge in [0.05, 0.1) is 0 Å². The lowest BCUT2D eigenvalue weighted by atomic mass is 9.95. The number of unbranched alkanes of at least 4 members (excludes halogenated alkanes) is 1. The molecule has 0 aliphatic carbocycles. The zero-order valence-corrected chi connectivity index (χ0v) is 18.7. The van der Waals surface area contributed by atoms with Gasteiger partial charge in [-0.05, 0) is 64.1 Å². The fraction of sp³-hybridized carbons (Fsp3) is 0.739. The van der Waals surface area contributed by atoms with Gasteiger partial charge in [0, 0.05) is 25.3 Å². The summed E-state index contributed by atoms with van der Waals surface area (Å²) in [5.41, 5.74) is 0.740. The average Bonchev–Trinajstić information content (AvgIpc) is 2.61. The number of carbonyl (C=O) groups excluding carboxylic acids is 1. The van der Waals surface area contributed by atoms with E-state index in [-0.39, 0.29) is 6.09 Å². The number of anilines is 1. The summed E-state index contributed by atoms with van der Waals surface area (Å²) in [5.74, 6) is 1.34. The molecule has 158 valence electrons. The van der Waals surface area contributed by atoms with Crippen LogP contribution in [-0.2, 0) is 4.74 Å². The first-order valence-electron chi connectivity index (χ1n) is 10.9. The molecule has 2 rings (SSSR count). The number of amides is 1. The fourth-order valence-electron chi connectivity index (χ4n) is 3.74. The van der Waals surface area contributed by atoms with Crippen molar-refractivity contribution in [1.82, 2.24) is 9.88 Å². The maximum Gasteiger partial charge on any atom is 0.416 e. The summed E-state index contributed by atoms with van der Waals surface area (Å²) in [7, 11) is 0. The molecule has 0 saturated carbocycles. The number of pyridine rings is 1. The highest BCUT2D eigenvalue weighted by Gasteiger charge is 2.26. The zero-order chi connectivity index (χ0) is 20.7. The van der Waals surface area contributed by atoms with Gasteiger partial charge in [-0.2, -0.15) is 0 Å². The Morgan fingerprint density at radius 1 is 1.32 bits per heavy atom. The largest absolute Gasteiger partial charge is 0.443 e. The summed E-state index contributed by atoms with van der Waals surface area (Å²) in [4.78, 5) is 21.6. The van der Waals surface area contributed by atoms with Crippen LogP contribution in [0, 0.1) is 5.92 Å². The highest BCUT2D eigenvalue weighted by atomic mass is 16.6. The number of hydrogen-bond donors (Lipinski definition) is 0. The Hall–Kier alpha value is -1.62.